The van der Waals surface area contributed by atoms with E-state index in [1.807, 2.05) is 42.5 Å². The van der Waals surface area contributed by atoms with E-state index < -0.39 is 23.5 Å². The highest BCUT2D eigenvalue weighted by Gasteiger charge is 2.52. The van der Waals surface area contributed by atoms with Crippen LogP contribution in [0.15, 0.2) is 42.5 Å². The number of hydrogen-bond donors (Lipinski definition) is 3. The van der Waals surface area contributed by atoms with Crippen LogP contribution in [0.2, 0.25) is 0 Å². The fourth-order valence-electron chi connectivity index (χ4n) is 4.22. The van der Waals surface area contributed by atoms with Gasteiger partial charge in [0.15, 0.2) is 0 Å². The maximum absolute atomic E-state index is 12.7. The Kier molecular flexibility index (Phi) is 6.10. The predicted molar refractivity (Wildman–Crippen MR) is 113 cm³/mol. The predicted octanol–water partition coefficient (Wildman–Crippen LogP) is 2.24. The van der Waals surface area contributed by atoms with Crippen LogP contribution in [-0.2, 0) is 9.59 Å². The molecule has 1 spiro atoms. The molecule has 29 heavy (non-hydrogen) atoms. The van der Waals surface area contributed by atoms with Crippen molar-refractivity contribution in [3.8, 4) is 0 Å². The lowest BCUT2D eigenvalue weighted by Gasteiger charge is -2.21. The van der Waals surface area contributed by atoms with Crippen LogP contribution >= 0.6 is 12.4 Å². The summed E-state index contributed by atoms with van der Waals surface area (Å²) in [7, 11) is 0. The number of nitrogens with two attached hydrogens (primary N) is 1. The minimum absolute atomic E-state index is 0. The van der Waals surface area contributed by atoms with Crippen molar-refractivity contribution in [3.63, 3.8) is 0 Å². The maximum Gasteiger partial charge on any atom is 0.325 e. The van der Waals surface area contributed by atoms with Gasteiger partial charge in [0.05, 0.1) is 6.04 Å². The summed E-state index contributed by atoms with van der Waals surface area (Å²) in [5.41, 5.74) is 5.97. The number of nitrogens with one attached hydrogen (secondary N) is 2. The van der Waals surface area contributed by atoms with Gasteiger partial charge in [-0.2, -0.15) is 0 Å². The molecule has 1 unspecified atom stereocenters. The summed E-state index contributed by atoms with van der Waals surface area (Å²) in [4.78, 5) is 38.5. The minimum Gasteiger partial charge on any atom is -0.346 e. The van der Waals surface area contributed by atoms with Crippen molar-refractivity contribution in [1.82, 2.24) is 15.5 Å². The van der Waals surface area contributed by atoms with Crippen LogP contribution in [0, 0.1) is 0 Å². The van der Waals surface area contributed by atoms with Crippen molar-refractivity contribution in [3.05, 3.63) is 48.0 Å². The summed E-state index contributed by atoms with van der Waals surface area (Å²) in [6.07, 6.45) is 3.09. The van der Waals surface area contributed by atoms with Gasteiger partial charge in [0, 0.05) is 6.54 Å². The third-order valence-corrected chi connectivity index (χ3v) is 5.75. The van der Waals surface area contributed by atoms with Crippen LogP contribution in [0.3, 0.4) is 0 Å². The molecule has 4 amide bonds. The standard InChI is InChI=1S/C21H24N4O3.ClH/c22-12-17(16-8-7-14-5-1-2-6-15(14)11-16)23-18(26)13-25-19(27)21(24-20(25)28)9-3-4-10-21;/h1-2,5-8,11,17H,3-4,9-10,12-13,22H2,(H,23,26)(H,24,28);1H. The SMILES string of the molecule is Cl.NCC(NC(=O)CN1C(=O)NC2(CCCC2)C1=O)c1ccc2ccccc2c1. The number of fused-ring (bicyclic) bond motifs is 1. The van der Waals surface area contributed by atoms with E-state index in [2.05, 4.69) is 10.6 Å². The Labute approximate surface area is 175 Å². The Hall–Kier alpha value is -2.64. The molecule has 0 bridgehead atoms. The highest BCUT2D eigenvalue weighted by Crippen LogP contribution is 2.34. The van der Waals surface area contributed by atoms with Crippen LogP contribution < -0.4 is 16.4 Å². The van der Waals surface area contributed by atoms with Crippen LogP contribution in [0.5, 0.6) is 0 Å². The highest BCUT2D eigenvalue weighted by molar-refractivity contribution is 6.09. The van der Waals surface area contributed by atoms with Crippen LogP contribution in [0.4, 0.5) is 4.79 Å². The first kappa shape index (κ1) is 21.1. The number of urea groups is 1. The Morgan fingerprint density at radius 3 is 2.52 bits per heavy atom. The molecule has 154 valence electrons. The summed E-state index contributed by atoms with van der Waals surface area (Å²) in [5, 5.41) is 7.81. The Balaban J connectivity index is 0.00000240. The number of rotatable bonds is 5. The molecule has 2 aromatic rings. The van der Waals surface area contributed by atoms with Crippen LogP contribution in [-0.4, -0.2) is 41.4 Å². The lowest BCUT2D eigenvalue weighted by atomic mass is 9.98. The molecule has 1 atom stereocenters. The van der Waals surface area contributed by atoms with E-state index in [-0.39, 0.29) is 31.4 Å². The van der Waals surface area contributed by atoms with E-state index in [0.29, 0.717) is 12.8 Å². The average Bonchev–Trinajstić information content (AvgIpc) is 3.26. The molecule has 0 radical (unpaired) electrons. The number of carbonyl (C=O) groups is 3. The van der Waals surface area contributed by atoms with Crippen molar-refractivity contribution in [1.29, 1.82) is 0 Å². The molecule has 1 heterocycles. The lowest BCUT2D eigenvalue weighted by molar-refractivity contribution is -0.135. The highest BCUT2D eigenvalue weighted by atomic mass is 35.5. The normalized spacial score (nSPS) is 18.6. The first-order valence-corrected chi connectivity index (χ1v) is 9.65. The Bertz CT molecular complexity index is 942. The van der Waals surface area contributed by atoms with Crippen molar-refractivity contribution >= 4 is 41.0 Å². The summed E-state index contributed by atoms with van der Waals surface area (Å²) in [5.74, 6) is -0.692. The van der Waals surface area contributed by atoms with E-state index in [1.54, 1.807) is 0 Å². The molecule has 2 aromatic carbocycles. The molecule has 2 fully saturated rings. The minimum atomic E-state index is -0.803. The van der Waals surface area contributed by atoms with Crippen molar-refractivity contribution in [2.45, 2.75) is 37.3 Å². The van der Waals surface area contributed by atoms with Crippen LogP contribution in [0.25, 0.3) is 10.8 Å². The van der Waals surface area contributed by atoms with Gasteiger partial charge in [0.2, 0.25) is 5.91 Å². The number of imide groups is 1. The summed E-state index contributed by atoms with van der Waals surface area (Å²) < 4.78 is 0. The molecular formula is C21H25ClN4O3. The second kappa shape index (κ2) is 8.39. The second-order valence-corrected chi connectivity index (χ2v) is 7.57. The third kappa shape index (κ3) is 3.93. The topological polar surface area (TPSA) is 105 Å². The molecule has 4 N–H and O–H groups in total. The molecule has 1 aliphatic carbocycles. The number of amides is 4. The van der Waals surface area contributed by atoms with Crippen molar-refractivity contribution in [2.24, 2.45) is 5.73 Å². The fraction of sp³-hybridized carbons (Fsp3) is 0.381. The van der Waals surface area contributed by atoms with E-state index >= 15 is 0 Å². The molecular weight excluding hydrogens is 392 g/mol. The van der Waals surface area contributed by atoms with Gasteiger partial charge in [-0.1, -0.05) is 49.2 Å². The first-order valence-electron chi connectivity index (χ1n) is 9.65. The second-order valence-electron chi connectivity index (χ2n) is 7.57. The molecule has 1 saturated heterocycles. The quantitative estimate of drug-likeness (QED) is 0.650. The van der Waals surface area contributed by atoms with Gasteiger partial charge >= 0.3 is 6.03 Å². The van der Waals surface area contributed by atoms with Gasteiger partial charge in [0.25, 0.3) is 5.91 Å². The van der Waals surface area contributed by atoms with E-state index in [0.717, 1.165) is 34.1 Å². The lowest BCUT2D eigenvalue weighted by Crippen LogP contribution is -2.46. The van der Waals surface area contributed by atoms with Gasteiger partial charge in [-0.3, -0.25) is 14.5 Å². The van der Waals surface area contributed by atoms with Crippen molar-refractivity contribution < 1.29 is 14.4 Å². The van der Waals surface area contributed by atoms with Gasteiger partial charge in [-0.25, -0.2) is 4.79 Å². The molecule has 1 saturated carbocycles. The fourth-order valence-corrected chi connectivity index (χ4v) is 4.22. The maximum atomic E-state index is 12.7. The summed E-state index contributed by atoms with van der Waals surface area (Å²) >= 11 is 0. The van der Waals surface area contributed by atoms with E-state index in [1.165, 1.54) is 0 Å². The number of halogens is 1. The third-order valence-electron chi connectivity index (χ3n) is 5.75. The number of benzene rings is 2. The van der Waals surface area contributed by atoms with Gasteiger partial charge in [-0.15, -0.1) is 12.4 Å². The molecule has 4 rings (SSSR count). The monoisotopic (exact) mass is 416 g/mol. The molecule has 1 aliphatic heterocycles. The Morgan fingerprint density at radius 2 is 1.83 bits per heavy atom. The van der Waals surface area contributed by atoms with Gasteiger partial charge in [0.1, 0.15) is 12.1 Å². The molecule has 7 nitrogen and oxygen atoms in total. The summed E-state index contributed by atoms with van der Waals surface area (Å²) in [6, 6.07) is 13.0. The number of hydrogen-bond acceptors (Lipinski definition) is 4. The molecule has 2 aliphatic rings. The van der Waals surface area contributed by atoms with Gasteiger partial charge in [-0.05, 0) is 35.2 Å². The van der Waals surface area contributed by atoms with E-state index in [4.69, 9.17) is 5.73 Å². The number of carbonyl (C=O) groups excluding carboxylic acids is 3. The number of nitrogens with zero attached hydrogens (tertiary/aromatic N) is 1. The van der Waals surface area contributed by atoms with Gasteiger partial charge < -0.3 is 16.4 Å². The average molecular weight is 417 g/mol. The van der Waals surface area contributed by atoms with E-state index in [9.17, 15) is 14.4 Å². The molecule has 8 heteroatoms. The zero-order valence-electron chi connectivity index (χ0n) is 16.0. The molecule has 0 aromatic heterocycles. The smallest absolute Gasteiger partial charge is 0.325 e. The first-order chi connectivity index (χ1) is 13.5. The largest absolute Gasteiger partial charge is 0.346 e. The Morgan fingerprint density at radius 1 is 1.14 bits per heavy atom. The van der Waals surface area contributed by atoms with Crippen molar-refractivity contribution in [2.75, 3.05) is 13.1 Å². The summed E-state index contributed by atoms with van der Waals surface area (Å²) in [6.45, 7) is -0.0787. The zero-order chi connectivity index (χ0) is 19.7. The zero-order valence-corrected chi connectivity index (χ0v) is 16.8. The van der Waals surface area contributed by atoms with Crippen LogP contribution in [0.1, 0.15) is 37.3 Å².